The Balaban J connectivity index is 2.91. The number of hydrogen-bond acceptors (Lipinski definition) is 2. The fourth-order valence-corrected chi connectivity index (χ4v) is 1.39. The smallest absolute Gasteiger partial charge is 0.225 e. The molecule has 78 valence electrons. The van der Waals surface area contributed by atoms with E-state index in [1.807, 2.05) is 13.0 Å². The minimum Gasteiger partial charge on any atom is -0.325 e. The summed E-state index contributed by atoms with van der Waals surface area (Å²) in [5, 5.41) is 11.6. The summed E-state index contributed by atoms with van der Waals surface area (Å²) >= 11 is 5.44. The van der Waals surface area contributed by atoms with Crippen LogP contribution in [0.3, 0.4) is 0 Å². The second kappa shape index (κ2) is 5.38. The van der Waals surface area contributed by atoms with E-state index in [9.17, 15) is 4.79 Å². The molecule has 0 saturated carbocycles. The van der Waals surface area contributed by atoms with Crippen molar-refractivity contribution >= 4 is 23.2 Å². The molecule has 15 heavy (non-hydrogen) atoms. The van der Waals surface area contributed by atoms with Gasteiger partial charge in [0.1, 0.15) is 6.07 Å². The van der Waals surface area contributed by atoms with Gasteiger partial charge in [0.05, 0.1) is 11.3 Å². The Hall–Kier alpha value is -1.53. The maximum absolute atomic E-state index is 11.3. The lowest BCUT2D eigenvalue weighted by Gasteiger charge is -2.07. The molecule has 0 spiro atoms. The summed E-state index contributed by atoms with van der Waals surface area (Å²) in [6.45, 7) is 1.83. The van der Waals surface area contributed by atoms with Gasteiger partial charge in [0.25, 0.3) is 0 Å². The Morgan fingerprint density at radius 1 is 1.60 bits per heavy atom. The number of nitriles is 1. The van der Waals surface area contributed by atoms with Crippen molar-refractivity contribution < 1.29 is 4.79 Å². The van der Waals surface area contributed by atoms with Crippen molar-refractivity contribution in [2.75, 3.05) is 11.2 Å². The van der Waals surface area contributed by atoms with Gasteiger partial charge in [-0.2, -0.15) is 5.26 Å². The molecule has 4 heteroatoms. The molecular formula is C11H11ClN2O. The Morgan fingerprint density at radius 3 is 2.93 bits per heavy atom. The summed E-state index contributed by atoms with van der Waals surface area (Å²) in [6, 6.07) is 7.40. The first kappa shape index (κ1) is 11.5. The van der Waals surface area contributed by atoms with Crippen molar-refractivity contribution in [3.63, 3.8) is 0 Å². The highest BCUT2D eigenvalue weighted by molar-refractivity contribution is 6.19. The molecular weight excluding hydrogens is 212 g/mol. The Kier molecular flexibility index (Phi) is 4.14. The SMILES string of the molecule is Cc1cccc(NC(=O)CCCl)c1C#N. The summed E-state index contributed by atoms with van der Waals surface area (Å²) in [5.74, 6) is 0.103. The lowest BCUT2D eigenvalue weighted by Crippen LogP contribution is -2.13. The second-order valence-electron chi connectivity index (χ2n) is 3.10. The second-order valence-corrected chi connectivity index (χ2v) is 3.47. The summed E-state index contributed by atoms with van der Waals surface area (Å²) in [4.78, 5) is 11.3. The third-order valence-corrected chi connectivity index (χ3v) is 2.17. The maximum atomic E-state index is 11.3. The highest BCUT2D eigenvalue weighted by Crippen LogP contribution is 2.18. The zero-order valence-electron chi connectivity index (χ0n) is 8.38. The van der Waals surface area contributed by atoms with Crippen LogP contribution >= 0.6 is 11.6 Å². The molecule has 0 heterocycles. The van der Waals surface area contributed by atoms with Gasteiger partial charge in [0.2, 0.25) is 5.91 Å². The third-order valence-electron chi connectivity index (χ3n) is 1.98. The van der Waals surface area contributed by atoms with Crippen molar-refractivity contribution in [2.24, 2.45) is 0 Å². The summed E-state index contributed by atoms with van der Waals surface area (Å²) in [7, 11) is 0. The van der Waals surface area contributed by atoms with Crippen LogP contribution in [0.15, 0.2) is 18.2 Å². The van der Waals surface area contributed by atoms with Crippen molar-refractivity contribution in [3.8, 4) is 6.07 Å². The molecule has 0 unspecified atom stereocenters. The number of hydrogen-bond donors (Lipinski definition) is 1. The van der Waals surface area contributed by atoms with E-state index in [-0.39, 0.29) is 18.2 Å². The van der Waals surface area contributed by atoms with Gasteiger partial charge in [-0.25, -0.2) is 0 Å². The van der Waals surface area contributed by atoms with E-state index in [1.165, 1.54) is 0 Å². The molecule has 1 aromatic carbocycles. The van der Waals surface area contributed by atoms with Gasteiger partial charge in [0.15, 0.2) is 0 Å². The number of anilines is 1. The van der Waals surface area contributed by atoms with Crippen LogP contribution in [0.5, 0.6) is 0 Å². The number of rotatable bonds is 3. The number of carbonyl (C=O) groups excluding carboxylic acids is 1. The first-order valence-electron chi connectivity index (χ1n) is 4.54. The van der Waals surface area contributed by atoms with E-state index in [2.05, 4.69) is 11.4 Å². The fraction of sp³-hybridized carbons (Fsp3) is 0.273. The molecule has 1 N–H and O–H groups in total. The Morgan fingerprint density at radius 2 is 2.33 bits per heavy atom. The molecule has 0 aliphatic rings. The summed E-state index contributed by atoms with van der Waals surface area (Å²) in [6.07, 6.45) is 0.250. The molecule has 1 aromatic rings. The van der Waals surface area contributed by atoms with E-state index in [0.29, 0.717) is 11.3 Å². The van der Waals surface area contributed by atoms with Gasteiger partial charge in [-0.15, -0.1) is 11.6 Å². The van der Waals surface area contributed by atoms with Crippen molar-refractivity contribution in [3.05, 3.63) is 29.3 Å². The highest BCUT2D eigenvalue weighted by atomic mass is 35.5. The predicted molar refractivity (Wildman–Crippen MR) is 59.9 cm³/mol. The number of alkyl halides is 1. The normalized spacial score (nSPS) is 9.40. The van der Waals surface area contributed by atoms with Crippen LogP contribution in [0.2, 0.25) is 0 Å². The van der Waals surface area contributed by atoms with Crippen LogP contribution in [-0.4, -0.2) is 11.8 Å². The number of amides is 1. The van der Waals surface area contributed by atoms with E-state index in [0.717, 1.165) is 5.56 Å². The average Bonchev–Trinajstić information content (AvgIpc) is 2.18. The molecule has 0 bridgehead atoms. The molecule has 0 fully saturated rings. The lowest BCUT2D eigenvalue weighted by molar-refractivity contribution is -0.115. The van der Waals surface area contributed by atoms with Crippen LogP contribution in [0.4, 0.5) is 5.69 Å². The molecule has 0 radical (unpaired) electrons. The van der Waals surface area contributed by atoms with Crippen LogP contribution in [0.1, 0.15) is 17.5 Å². The monoisotopic (exact) mass is 222 g/mol. The minimum atomic E-state index is -0.174. The van der Waals surface area contributed by atoms with Gasteiger partial charge in [-0.1, -0.05) is 12.1 Å². The lowest BCUT2D eigenvalue weighted by atomic mass is 10.1. The Labute approximate surface area is 93.7 Å². The van der Waals surface area contributed by atoms with Crippen LogP contribution in [0, 0.1) is 18.3 Å². The largest absolute Gasteiger partial charge is 0.325 e. The molecule has 1 amide bonds. The molecule has 1 rings (SSSR count). The number of nitrogens with one attached hydrogen (secondary N) is 1. The number of nitrogens with zero attached hydrogens (tertiary/aromatic N) is 1. The van der Waals surface area contributed by atoms with Gasteiger partial charge in [-0.3, -0.25) is 4.79 Å². The zero-order valence-corrected chi connectivity index (χ0v) is 9.14. The van der Waals surface area contributed by atoms with Gasteiger partial charge < -0.3 is 5.32 Å². The third kappa shape index (κ3) is 2.97. The standard InChI is InChI=1S/C11H11ClN2O/c1-8-3-2-4-10(9(8)7-13)14-11(15)5-6-12/h2-4H,5-6H2,1H3,(H,14,15). The minimum absolute atomic E-state index is 0.174. The van der Waals surface area contributed by atoms with Crippen LogP contribution in [-0.2, 0) is 4.79 Å². The topological polar surface area (TPSA) is 52.9 Å². The first-order chi connectivity index (χ1) is 7.19. The number of aryl methyl sites for hydroxylation is 1. The molecule has 0 saturated heterocycles. The first-order valence-corrected chi connectivity index (χ1v) is 5.08. The summed E-state index contributed by atoms with van der Waals surface area (Å²) < 4.78 is 0. The van der Waals surface area contributed by atoms with Crippen LogP contribution in [0.25, 0.3) is 0 Å². The van der Waals surface area contributed by atoms with Gasteiger partial charge in [0, 0.05) is 12.3 Å². The molecule has 3 nitrogen and oxygen atoms in total. The molecule has 0 atom stereocenters. The van der Waals surface area contributed by atoms with E-state index < -0.39 is 0 Å². The van der Waals surface area contributed by atoms with Crippen LogP contribution < -0.4 is 5.32 Å². The van der Waals surface area contributed by atoms with Crippen molar-refractivity contribution in [2.45, 2.75) is 13.3 Å². The number of carbonyl (C=O) groups is 1. The molecule has 0 aromatic heterocycles. The highest BCUT2D eigenvalue weighted by Gasteiger charge is 2.07. The van der Waals surface area contributed by atoms with Crippen molar-refractivity contribution in [1.29, 1.82) is 5.26 Å². The van der Waals surface area contributed by atoms with Gasteiger partial charge in [-0.05, 0) is 18.6 Å². The average molecular weight is 223 g/mol. The van der Waals surface area contributed by atoms with E-state index in [1.54, 1.807) is 12.1 Å². The predicted octanol–water partition coefficient (Wildman–Crippen LogP) is 2.43. The quantitative estimate of drug-likeness (QED) is 0.799. The molecule has 0 aliphatic heterocycles. The van der Waals surface area contributed by atoms with E-state index >= 15 is 0 Å². The fourth-order valence-electron chi connectivity index (χ4n) is 1.22. The number of halogens is 1. The van der Waals surface area contributed by atoms with Gasteiger partial charge >= 0.3 is 0 Å². The summed E-state index contributed by atoms with van der Waals surface area (Å²) in [5.41, 5.74) is 1.90. The van der Waals surface area contributed by atoms with Crippen molar-refractivity contribution in [1.82, 2.24) is 0 Å². The van der Waals surface area contributed by atoms with E-state index in [4.69, 9.17) is 16.9 Å². The number of benzene rings is 1. The zero-order chi connectivity index (χ0) is 11.3. The molecule has 0 aliphatic carbocycles. The maximum Gasteiger partial charge on any atom is 0.225 e. The Bertz CT molecular complexity index is 410.